The molecule has 3 nitrogen and oxygen atoms in total. The van der Waals surface area contributed by atoms with Crippen LogP contribution in [-0.2, 0) is 23.9 Å². The number of rotatable bonds is 4. The van der Waals surface area contributed by atoms with Gasteiger partial charge in [0.2, 0.25) is 0 Å². The van der Waals surface area contributed by atoms with E-state index in [0.717, 1.165) is 30.5 Å². The molecule has 1 unspecified atom stereocenters. The van der Waals surface area contributed by atoms with Crippen LogP contribution in [0.25, 0.3) is 0 Å². The van der Waals surface area contributed by atoms with E-state index >= 15 is 0 Å². The van der Waals surface area contributed by atoms with Gasteiger partial charge in [-0.15, -0.1) is 0 Å². The summed E-state index contributed by atoms with van der Waals surface area (Å²) in [6.07, 6.45) is 2.93. The molecule has 0 spiro atoms. The van der Waals surface area contributed by atoms with Gasteiger partial charge in [0.25, 0.3) is 0 Å². The van der Waals surface area contributed by atoms with Crippen molar-refractivity contribution in [3.8, 4) is 0 Å². The molecule has 1 aliphatic carbocycles. The summed E-state index contributed by atoms with van der Waals surface area (Å²) >= 11 is 2.41. The summed E-state index contributed by atoms with van der Waals surface area (Å²) in [6, 6.07) is 0. The molecule has 1 aromatic rings. The Morgan fingerprint density at radius 3 is 2.40 bits per heavy atom. The molecule has 25 heavy (non-hydrogen) atoms. The number of hydrogen-bond donors (Lipinski definition) is 1. The molecule has 1 N–H and O–H groups in total. The molecular weight excluding hydrogens is 441 g/mol. The van der Waals surface area contributed by atoms with Crippen LogP contribution in [-0.4, -0.2) is 18.4 Å². The molecule has 0 saturated carbocycles. The number of fused-ring (bicyclic) bond motifs is 1. The van der Waals surface area contributed by atoms with Gasteiger partial charge in [0, 0.05) is 26.1 Å². The fourth-order valence-corrected chi connectivity index (χ4v) is 5.79. The van der Waals surface area contributed by atoms with Gasteiger partial charge < -0.3 is 9.53 Å². The van der Waals surface area contributed by atoms with E-state index in [-0.39, 0.29) is 23.2 Å². The largest absolute Gasteiger partial charge is 0.410 e. The molecule has 0 amide bonds. The molecule has 142 valence electrons. The Balaban J connectivity index is 2.58. The second-order valence-electron chi connectivity index (χ2n) is 9.63. The Morgan fingerprint density at radius 2 is 1.92 bits per heavy atom. The topological polar surface area (TPSA) is 42.4 Å². The smallest absolute Gasteiger partial charge is 0.192 e. The van der Waals surface area contributed by atoms with E-state index in [2.05, 4.69) is 77.2 Å². The SMILES string of the molecule is CCc1nc2c(c(I)c1CO)C(O[Si](C)(C)C(C)(C)C)CC(C)(C)C2. The van der Waals surface area contributed by atoms with Gasteiger partial charge >= 0.3 is 0 Å². The number of halogens is 1. The third-order valence-corrected chi connectivity index (χ3v) is 11.6. The number of nitrogens with zero attached hydrogens (tertiary/aromatic N) is 1. The normalized spacial score (nSPS) is 20.5. The van der Waals surface area contributed by atoms with Crippen LogP contribution in [0.2, 0.25) is 18.1 Å². The molecule has 0 bridgehead atoms. The van der Waals surface area contributed by atoms with Crippen molar-refractivity contribution in [3.63, 3.8) is 0 Å². The summed E-state index contributed by atoms with van der Waals surface area (Å²) in [5.41, 5.74) is 4.63. The Morgan fingerprint density at radius 1 is 1.32 bits per heavy atom. The van der Waals surface area contributed by atoms with Gasteiger partial charge in [-0.25, -0.2) is 0 Å². The first-order chi connectivity index (χ1) is 11.3. The van der Waals surface area contributed by atoms with E-state index in [1.165, 1.54) is 14.8 Å². The molecule has 0 aromatic carbocycles. The molecular formula is C20H34INO2Si. The summed E-state index contributed by atoms with van der Waals surface area (Å²) in [7, 11) is -1.89. The van der Waals surface area contributed by atoms with Crippen LogP contribution in [0.3, 0.4) is 0 Å². The minimum absolute atomic E-state index is 0.0535. The maximum atomic E-state index is 9.91. The summed E-state index contributed by atoms with van der Waals surface area (Å²) in [5, 5.41) is 10.1. The van der Waals surface area contributed by atoms with Crippen molar-refractivity contribution in [2.45, 2.75) is 91.6 Å². The molecule has 0 radical (unpaired) electrons. The maximum absolute atomic E-state index is 9.91. The number of pyridine rings is 1. The highest BCUT2D eigenvalue weighted by molar-refractivity contribution is 14.1. The van der Waals surface area contributed by atoms with E-state index in [4.69, 9.17) is 9.41 Å². The van der Waals surface area contributed by atoms with Crippen molar-refractivity contribution < 1.29 is 9.53 Å². The van der Waals surface area contributed by atoms with Crippen molar-refractivity contribution in [1.29, 1.82) is 0 Å². The maximum Gasteiger partial charge on any atom is 0.192 e. The highest BCUT2D eigenvalue weighted by Crippen LogP contribution is 2.48. The standard InChI is InChI=1S/C20H34INO2Si/c1-9-14-13(12-23)18(21)17-15(22-14)10-20(5,6)11-16(17)24-25(7,8)19(2,3)4/h16,23H,9-12H2,1-8H3. The van der Waals surface area contributed by atoms with E-state index in [9.17, 15) is 5.11 Å². The molecule has 1 atom stereocenters. The minimum Gasteiger partial charge on any atom is -0.410 e. The quantitative estimate of drug-likeness (QED) is 0.444. The molecule has 1 aromatic heterocycles. The van der Waals surface area contributed by atoms with Crippen molar-refractivity contribution >= 4 is 30.9 Å². The lowest BCUT2D eigenvalue weighted by Crippen LogP contribution is -2.44. The van der Waals surface area contributed by atoms with Crippen LogP contribution in [0.5, 0.6) is 0 Å². The number of aliphatic hydroxyl groups excluding tert-OH is 1. The van der Waals surface area contributed by atoms with Crippen LogP contribution < -0.4 is 0 Å². The summed E-state index contributed by atoms with van der Waals surface area (Å²) in [5.74, 6) is 0. The van der Waals surface area contributed by atoms with Gasteiger partial charge in [0.1, 0.15) is 0 Å². The zero-order valence-electron chi connectivity index (χ0n) is 17.1. The van der Waals surface area contributed by atoms with E-state index < -0.39 is 8.32 Å². The molecule has 0 fully saturated rings. The second kappa shape index (κ2) is 7.21. The monoisotopic (exact) mass is 475 g/mol. The lowest BCUT2D eigenvalue weighted by atomic mass is 9.74. The fraction of sp³-hybridized carbons (Fsp3) is 0.750. The molecule has 1 aliphatic rings. The predicted octanol–water partition coefficient (Wildman–Crippen LogP) is 5.78. The Bertz CT molecular complexity index is 650. The zero-order chi connectivity index (χ0) is 19.2. The Hall–Kier alpha value is 0.0169. The van der Waals surface area contributed by atoms with Gasteiger partial charge in [-0.1, -0.05) is 41.5 Å². The van der Waals surface area contributed by atoms with Crippen LogP contribution >= 0.6 is 22.6 Å². The number of aryl methyl sites for hydroxylation is 1. The first-order valence-electron chi connectivity index (χ1n) is 9.31. The van der Waals surface area contributed by atoms with Gasteiger partial charge in [0.15, 0.2) is 8.32 Å². The number of aliphatic hydroxyl groups is 1. The van der Waals surface area contributed by atoms with Crippen molar-refractivity contribution in [2.24, 2.45) is 5.41 Å². The number of hydrogen-bond acceptors (Lipinski definition) is 3. The van der Waals surface area contributed by atoms with Gasteiger partial charge in [-0.05, 0) is 65.4 Å². The van der Waals surface area contributed by atoms with Crippen molar-refractivity contribution in [3.05, 3.63) is 26.1 Å². The number of aromatic nitrogens is 1. The van der Waals surface area contributed by atoms with E-state index in [0.29, 0.717) is 0 Å². The van der Waals surface area contributed by atoms with Crippen LogP contribution in [0, 0.1) is 8.99 Å². The van der Waals surface area contributed by atoms with Gasteiger partial charge in [-0.3, -0.25) is 4.98 Å². The molecule has 2 rings (SSSR count). The average molecular weight is 475 g/mol. The first-order valence-corrected chi connectivity index (χ1v) is 13.3. The third kappa shape index (κ3) is 4.30. The summed E-state index contributed by atoms with van der Waals surface area (Å²) in [6.45, 7) is 18.3. The van der Waals surface area contributed by atoms with Gasteiger partial charge in [-0.2, -0.15) is 0 Å². The van der Waals surface area contributed by atoms with Crippen molar-refractivity contribution in [2.75, 3.05) is 0 Å². The average Bonchev–Trinajstić information content (AvgIpc) is 2.43. The zero-order valence-corrected chi connectivity index (χ0v) is 20.2. The Labute approximate surface area is 168 Å². The highest BCUT2D eigenvalue weighted by Gasteiger charge is 2.43. The van der Waals surface area contributed by atoms with Crippen LogP contribution in [0.15, 0.2) is 0 Å². The molecule has 1 heterocycles. The third-order valence-electron chi connectivity index (χ3n) is 5.87. The van der Waals surface area contributed by atoms with Crippen LogP contribution in [0.4, 0.5) is 0 Å². The fourth-order valence-electron chi connectivity index (χ4n) is 3.38. The van der Waals surface area contributed by atoms with Gasteiger partial charge in [0.05, 0.1) is 12.7 Å². The summed E-state index contributed by atoms with van der Waals surface area (Å²) in [4.78, 5) is 4.97. The first kappa shape index (κ1) is 21.3. The minimum atomic E-state index is -1.89. The lowest BCUT2D eigenvalue weighted by molar-refractivity contribution is 0.105. The molecule has 0 aliphatic heterocycles. The van der Waals surface area contributed by atoms with Crippen LogP contribution in [0.1, 0.15) is 76.6 Å². The lowest BCUT2D eigenvalue weighted by Gasteiger charge is -2.44. The van der Waals surface area contributed by atoms with Crippen molar-refractivity contribution in [1.82, 2.24) is 4.98 Å². The van der Waals surface area contributed by atoms with E-state index in [1.54, 1.807) is 0 Å². The second-order valence-corrected chi connectivity index (χ2v) is 15.5. The summed E-state index contributed by atoms with van der Waals surface area (Å²) < 4.78 is 8.04. The molecule has 5 heteroatoms. The Kier molecular flexibility index (Phi) is 6.15. The molecule has 0 saturated heterocycles. The highest BCUT2D eigenvalue weighted by atomic mass is 127. The predicted molar refractivity (Wildman–Crippen MR) is 115 cm³/mol. The van der Waals surface area contributed by atoms with E-state index in [1.807, 2.05) is 0 Å².